The second kappa shape index (κ2) is 31.2. The normalized spacial score (nSPS) is 20.0. The van der Waals surface area contributed by atoms with Crippen LogP contribution in [0.4, 0.5) is 17.6 Å². The lowest BCUT2D eigenvalue weighted by Gasteiger charge is -2.22. The summed E-state index contributed by atoms with van der Waals surface area (Å²) in [7, 11) is 0. The van der Waals surface area contributed by atoms with Crippen molar-refractivity contribution in [3.8, 4) is 0 Å². The highest BCUT2D eigenvalue weighted by Gasteiger charge is 2.14. The van der Waals surface area contributed by atoms with E-state index in [0.717, 1.165) is 40.7 Å². The molecule has 0 aromatic heterocycles. The molecule has 2 fully saturated rings. The van der Waals surface area contributed by atoms with Crippen LogP contribution in [-0.4, -0.2) is 0 Å². The molecule has 0 aliphatic heterocycles. The van der Waals surface area contributed by atoms with Gasteiger partial charge in [-0.05, 0) is 163 Å². The monoisotopic (exact) mass is 847 g/mol. The van der Waals surface area contributed by atoms with Crippen molar-refractivity contribution in [1.82, 2.24) is 0 Å². The maximum atomic E-state index is 12.6. The number of benzene rings is 4. The summed E-state index contributed by atoms with van der Waals surface area (Å²) in [6.45, 7) is 28.6. The van der Waals surface area contributed by atoms with E-state index in [0.29, 0.717) is 16.7 Å². The molecule has 1 unspecified atom stereocenters. The third-order valence-corrected chi connectivity index (χ3v) is 11.8. The third-order valence-electron chi connectivity index (χ3n) is 11.8. The number of hydrogen-bond donors (Lipinski definition) is 0. The predicted octanol–water partition coefficient (Wildman–Crippen LogP) is 18.8. The van der Waals surface area contributed by atoms with Gasteiger partial charge >= 0.3 is 0 Å². The van der Waals surface area contributed by atoms with Gasteiger partial charge in [0.05, 0.1) is 0 Å². The molecular weight excluding hydrogens is 761 g/mol. The SMILES string of the molecule is C.CC1=CCC(C)CC1.CC1CCC(C)CC1.CC1CCC(C)CC1.Cc1cc(F)c(C)c(F)c1.Cc1ccc(C)c(F)c1.Cc1ccc(C)c(F)c1.Cc1ccc(C)cc1. The van der Waals surface area contributed by atoms with Crippen LogP contribution in [0.2, 0.25) is 0 Å². The van der Waals surface area contributed by atoms with Gasteiger partial charge in [0.2, 0.25) is 0 Å². The van der Waals surface area contributed by atoms with Crippen LogP contribution < -0.4 is 0 Å². The summed E-state index contributed by atoms with van der Waals surface area (Å²) in [5.41, 5.74) is 8.30. The van der Waals surface area contributed by atoms with Gasteiger partial charge in [-0.25, -0.2) is 17.6 Å². The first-order valence-corrected chi connectivity index (χ1v) is 22.7. The lowest BCUT2D eigenvalue weighted by molar-refractivity contribution is 0.308. The van der Waals surface area contributed by atoms with Crippen LogP contribution in [0.25, 0.3) is 0 Å². The number of halogens is 4. The Kier molecular flexibility index (Phi) is 29.3. The van der Waals surface area contributed by atoms with Crippen molar-refractivity contribution in [2.75, 3.05) is 0 Å². The quantitative estimate of drug-likeness (QED) is 0.122. The molecule has 7 rings (SSSR count). The van der Waals surface area contributed by atoms with Crippen LogP contribution >= 0.6 is 0 Å². The van der Waals surface area contributed by atoms with Crippen molar-refractivity contribution >= 4 is 0 Å². The molecule has 0 spiro atoms. The van der Waals surface area contributed by atoms with E-state index in [9.17, 15) is 17.6 Å². The van der Waals surface area contributed by atoms with E-state index in [2.05, 4.69) is 85.7 Å². The zero-order valence-electron chi connectivity index (χ0n) is 40.2. The molecule has 2 saturated carbocycles. The molecule has 0 saturated heterocycles. The van der Waals surface area contributed by atoms with Crippen molar-refractivity contribution in [1.29, 1.82) is 0 Å². The molecule has 1 atom stereocenters. The number of aryl methyl sites for hydroxylation is 7. The minimum absolute atomic E-state index is 0. The molecular formula is C57H86F4. The Balaban J connectivity index is 0.000000688. The third kappa shape index (κ3) is 27.1. The highest BCUT2D eigenvalue weighted by Crippen LogP contribution is 2.28. The Bertz CT molecular complexity index is 1650. The van der Waals surface area contributed by atoms with Crippen LogP contribution in [0.15, 0.2) is 84.4 Å². The maximum Gasteiger partial charge on any atom is 0.129 e. The zero-order valence-corrected chi connectivity index (χ0v) is 40.2. The van der Waals surface area contributed by atoms with E-state index in [1.807, 2.05) is 26.0 Å². The Labute approximate surface area is 373 Å². The Morgan fingerprint density at radius 2 is 0.656 bits per heavy atom. The summed E-state index contributed by atoms with van der Waals surface area (Å²) in [5, 5.41) is 0. The fourth-order valence-corrected chi connectivity index (χ4v) is 6.75. The molecule has 3 aliphatic rings. The van der Waals surface area contributed by atoms with Crippen molar-refractivity contribution in [3.05, 3.63) is 152 Å². The molecule has 4 aromatic rings. The lowest BCUT2D eigenvalue weighted by atomic mass is 9.84. The maximum absolute atomic E-state index is 12.6. The van der Waals surface area contributed by atoms with E-state index in [1.54, 1.807) is 38.5 Å². The fraction of sp³-hybridized carbons (Fsp3) is 0.544. The second-order valence-electron chi connectivity index (χ2n) is 18.7. The summed E-state index contributed by atoms with van der Waals surface area (Å²) in [6.07, 6.45) is 18.2. The lowest BCUT2D eigenvalue weighted by Crippen LogP contribution is -2.08. The summed E-state index contributed by atoms with van der Waals surface area (Å²) in [4.78, 5) is 0. The first-order valence-electron chi connectivity index (χ1n) is 22.7. The fourth-order valence-electron chi connectivity index (χ4n) is 6.75. The second-order valence-corrected chi connectivity index (χ2v) is 18.7. The van der Waals surface area contributed by atoms with Crippen molar-refractivity contribution in [2.45, 2.75) is 175 Å². The van der Waals surface area contributed by atoms with E-state index in [4.69, 9.17) is 0 Å². The van der Waals surface area contributed by atoms with Gasteiger partial charge in [0.15, 0.2) is 0 Å². The average molecular weight is 847 g/mol. The minimum Gasteiger partial charge on any atom is -0.207 e. The summed E-state index contributed by atoms with van der Waals surface area (Å²) in [5.74, 6) is 3.84. The molecule has 4 aromatic carbocycles. The highest BCUT2D eigenvalue weighted by atomic mass is 19.1. The van der Waals surface area contributed by atoms with Gasteiger partial charge < -0.3 is 0 Å². The molecule has 0 nitrogen and oxygen atoms in total. The van der Waals surface area contributed by atoms with Crippen molar-refractivity contribution < 1.29 is 17.6 Å². The molecule has 3 aliphatic carbocycles. The highest BCUT2D eigenvalue weighted by molar-refractivity contribution is 5.24. The van der Waals surface area contributed by atoms with Gasteiger partial charge in [-0.15, -0.1) is 0 Å². The first kappa shape index (κ1) is 57.3. The first-order chi connectivity index (χ1) is 28.2. The number of allylic oxidation sites excluding steroid dienone is 2. The molecule has 0 amide bonds. The number of hydrogen-bond acceptors (Lipinski definition) is 0. The van der Waals surface area contributed by atoms with Crippen LogP contribution in [0.5, 0.6) is 0 Å². The molecule has 0 N–H and O–H groups in total. The van der Waals surface area contributed by atoms with Crippen LogP contribution in [0.1, 0.15) is 164 Å². The summed E-state index contributed by atoms with van der Waals surface area (Å²) < 4.78 is 50.4. The minimum atomic E-state index is -0.475. The van der Waals surface area contributed by atoms with Crippen LogP contribution in [0.3, 0.4) is 0 Å². The Morgan fingerprint density at radius 3 is 0.902 bits per heavy atom. The van der Waals surface area contributed by atoms with E-state index in [-0.39, 0.29) is 24.6 Å². The van der Waals surface area contributed by atoms with Gasteiger partial charge in [0.1, 0.15) is 23.3 Å². The standard InChI is InChI=1S/C8H8F2.2C8H9F.2C8H16.C8H14.C8H10.CH4/c1-5-3-7(9)6(2)8(10)4-5;2*1-6-3-4-7(2)8(9)5-6;4*1-7-3-5-8(2)6-4-7;/h3-4H,1-2H3;2*3-5H,1-2H3;2*7-8H,3-6H2,1-2H3;3,8H,4-6H2,1-2H3;3-6H,1-2H3;1H4. The Morgan fingerprint density at radius 1 is 0.361 bits per heavy atom. The zero-order chi connectivity index (χ0) is 45.4. The largest absolute Gasteiger partial charge is 0.207 e. The van der Waals surface area contributed by atoms with Crippen molar-refractivity contribution in [3.63, 3.8) is 0 Å². The molecule has 0 bridgehead atoms. The van der Waals surface area contributed by atoms with Crippen molar-refractivity contribution in [2.24, 2.45) is 29.6 Å². The molecule has 0 heterocycles. The Hall–Kier alpha value is -3.66. The van der Waals surface area contributed by atoms with Gasteiger partial charge in [0, 0.05) is 5.56 Å². The summed E-state index contributed by atoms with van der Waals surface area (Å²) in [6, 6.07) is 21.6. The predicted molar refractivity (Wildman–Crippen MR) is 261 cm³/mol. The number of rotatable bonds is 0. The smallest absolute Gasteiger partial charge is 0.129 e. The van der Waals surface area contributed by atoms with Gasteiger partial charge in [0.25, 0.3) is 0 Å². The van der Waals surface area contributed by atoms with Gasteiger partial charge in [-0.3, -0.25) is 0 Å². The van der Waals surface area contributed by atoms with Crippen LogP contribution in [-0.2, 0) is 0 Å². The van der Waals surface area contributed by atoms with Gasteiger partial charge in [-0.2, -0.15) is 0 Å². The molecule has 342 valence electrons. The molecule has 61 heavy (non-hydrogen) atoms. The topological polar surface area (TPSA) is 0 Å². The van der Waals surface area contributed by atoms with E-state index in [1.165, 1.54) is 113 Å². The molecule has 0 radical (unpaired) electrons. The van der Waals surface area contributed by atoms with Gasteiger partial charge in [-0.1, -0.05) is 165 Å². The van der Waals surface area contributed by atoms with Crippen LogP contribution in [0, 0.1) is 108 Å². The average Bonchev–Trinajstić information content (AvgIpc) is 3.20. The van der Waals surface area contributed by atoms with E-state index < -0.39 is 11.6 Å². The summed E-state index contributed by atoms with van der Waals surface area (Å²) >= 11 is 0. The van der Waals surface area contributed by atoms with E-state index >= 15 is 0 Å². The molecule has 4 heteroatoms.